The van der Waals surface area contributed by atoms with Gasteiger partial charge < -0.3 is 9.80 Å². The van der Waals surface area contributed by atoms with Crippen molar-refractivity contribution < 1.29 is 9.59 Å². The summed E-state index contributed by atoms with van der Waals surface area (Å²) in [6, 6.07) is 10.3. The largest absolute Gasteiger partial charge is 0.343 e. The molecule has 0 unspecified atom stereocenters. The first-order valence-corrected chi connectivity index (χ1v) is 10.6. The summed E-state index contributed by atoms with van der Waals surface area (Å²) in [7, 11) is 0. The van der Waals surface area contributed by atoms with Crippen molar-refractivity contribution in [3.05, 3.63) is 72.8 Å². The Hall–Kier alpha value is -3.02. The van der Waals surface area contributed by atoms with E-state index in [4.69, 9.17) is 0 Å². The highest BCUT2D eigenvalue weighted by Gasteiger charge is 2.53. The molecule has 2 amide bonds. The van der Waals surface area contributed by atoms with Gasteiger partial charge in [0.2, 0.25) is 11.8 Å². The predicted octanol–water partition coefficient (Wildman–Crippen LogP) is 2.97. The number of piperidine rings is 1. The number of aryl methyl sites for hydroxylation is 1. The van der Waals surface area contributed by atoms with Crippen LogP contribution in [-0.4, -0.2) is 56.8 Å². The van der Waals surface area contributed by atoms with Gasteiger partial charge in [0.1, 0.15) is 6.33 Å². The number of nitrogens with zero attached hydrogens (tertiary/aromatic N) is 4. The summed E-state index contributed by atoms with van der Waals surface area (Å²) in [5, 5.41) is 0. The van der Waals surface area contributed by atoms with Crippen LogP contribution in [0.4, 0.5) is 0 Å². The van der Waals surface area contributed by atoms with Crippen molar-refractivity contribution in [1.82, 2.24) is 19.8 Å². The fourth-order valence-corrected chi connectivity index (χ4v) is 5.07. The number of carbonyl (C=O) groups excluding carboxylic acids is 2. The van der Waals surface area contributed by atoms with Gasteiger partial charge in [0, 0.05) is 50.8 Å². The number of benzene rings is 1. The molecule has 1 aromatic carbocycles. The van der Waals surface area contributed by atoms with Crippen LogP contribution in [0.5, 0.6) is 0 Å². The summed E-state index contributed by atoms with van der Waals surface area (Å²) >= 11 is 0. The molecule has 2 aliphatic heterocycles. The zero-order chi connectivity index (χ0) is 21.0. The van der Waals surface area contributed by atoms with Gasteiger partial charge in [-0.25, -0.2) is 9.97 Å². The summed E-state index contributed by atoms with van der Waals surface area (Å²) in [6.07, 6.45) is 10.1. The summed E-state index contributed by atoms with van der Waals surface area (Å²) < 4.78 is 0. The SMILES string of the molecule is C=CCN1C(=O)C[C@H](c2ccccc2)C12CCN(C(=O)CCc1cncnc1)CC2. The Balaban J connectivity index is 1.47. The Labute approximate surface area is 177 Å². The minimum Gasteiger partial charge on any atom is -0.343 e. The Kier molecular flexibility index (Phi) is 5.93. The van der Waals surface area contributed by atoms with E-state index in [0.717, 1.165) is 18.4 Å². The van der Waals surface area contributed by atoms with Crippen molar-refractivity contribution in [2.45, 2.75) is 43.6 Å². The highest BCUT2D eigenvalue weighted by Crippen LogP contribution is 2.48. The van der Waals surface area contributed by atoms with E-state index in [1.54, 1.807) is 12.4 Å². The van der Waals surface area contributed by atoms with Gasteiger partial charge >= 0.3 is 0 Å². The third-order valence-electron chi connectivity index (χ3n) is 6.60. The molecule has 30 heavy (non-hydrogen) atoms. The molecule has 156 valence electrons. The van der Waals surface area contributed by atoms with Gasteiger partial charge in [0.25, 0.3) is 0 Å². The fraction of sp³-hybridized carbons (Fsp3) is 0.417. The van der Waals surface area contributed by atoms with Gasteiger partial charge in [0.05, 0.1) is 5.54 Å². The lowest BCUT2D eigenvalue weighted by Crippen LogP contribution is -2.56. The van der Waals surface area contributed by atoms with Crippen LogP contribution in [0.15, 0.2) is 61.7 Å². The first-order valence-electron chi connectivity index (χ1n) is 10.6. The molecule has 2 aliphatic rings. The molecule has 1 spiro atoms. The molecule has 3 heterocycles. The minimum absolute atomic E-state index is 0.157. The highest BCUT2D eigenvalue weighted by molar-refractivity contribution is 5.82. The van der Waals surface area contributed by atoms with Crippen LogP contribution >= 0.6 is 0 Å². The van der Waals surface area contributed by atoms with E-state index in [1.807, 2.05) is 34.1 Å². The van der Waals surface area contributed by atoms with Crippen molar-refractivity contribution >= 4 is 11.8 Å². The van der Waals surface area contributed by atoms with Crippen molar-refractivity contribution in [1.29, 1.82) is 0 Å². The Bertz CT molecular complexity index is 892. The normalized spacial score (nSPS) is 20.5. The van der Waals surface area contributed by atoms with E-state index in [0.29, 0.717) is 38.9 Å². The van der Waals surface area contributed by atoms with Crippen LogP contribution in [0.25, 0.3) is 0 Å². The summed E-state index contributed by atoms with van der Waals surface area (Å²) in [5.74, 6) is 0.502. The number of carbonyl (C=O) groups is 2. The Morgan fingerprint density at radius 1 is 1.17 bits per heavy atom. The van der Waals surface area contributed by atoms with Crippen LogP contribution in [0.3, 0.4) is 0 Å². The first-order chi connectivity index (χ1) is 14.6. The van der Waals surface area contributed by atoms with Gasteiger partial charge in [0.15, 0.2) is 0 Å². The number of hydrogen-bond donors (Lipinski definition) is 0. The molecule has 2 fully saturated rings. The van der Waals surface area contributed by atoms with Crippen LogP contribution in [0.2, 0.25) is 0 Å². The predicted molar refractivity (Wildman–Crippen MR) is 115 cm³/mol. The second kappa shape index (κ2) is 8.78. The van der Waals surface area contributed by atoms with Crippen LogP contribution < -0.4 is 0 Å². The lowest BCUT2D eigenvalue weighted by molar-refractivity contribution is -0.136. The Morgan fingerprint density at radius 3 is 2.53 bits per heavy atom. The van der Waals surface area contributed by atoms with E-state index in [1.165, 1.54) is 11.9 Å². The number of rotatable bonds is 6. The van der Waals surface area contributed by atoms with Gasteiger partial charge in [-0.1, -0.05) is 36.4 Å². The van der Waals surface area contributed by atoms with Gasteiger partial charge in [-0.05, 0) is 30.4 Å². The first kappa shape index (κ1) is 20.3. The molecule has 1 atom stereocenters. The molecule has 0 saturated carbocycles. The van der Waals surface area contributed by atoms with Gasteiger partial charge in [-0.15, -0.1) is 6.58 Å². The van der Waals surface area contributed by atoms with Crippen LogP contribution in [0.1, 0.15) is 42.7 Å². The molecule has 6 nitrogen and oxygen atoms in total. The number of likely N-dealkylation sites (tertiary alicyclic amines) is 2. The molecule has 2 saturated heterocycles. The quantitative estimate of drug-likeness (QED) is 0.695. The van der Waals surface area contributed by atoms with E-state index < -0.39 is 0 Å². The maximum Gasteiger partial charge on any atom is 0.224 e. The molecule has 0 N–H and O–H groups in total. The monoisotopic (exact) mass is 404 g/mol. The van der Waals surface area contributed by atoms with Crippen LogP contribution in [-0.2, 0) is 16.0 Å². The maximum absolute atomic E-state index is 12.9. The third kappa shape index (κ3) is 3.86. The smallest absolute Gasteiger partial charge is 0.224 e. The zero-order valence-corrected chi connectivity index (χ0v) is 17.2. The van der Waals surface area contributed by atoms with Crippen molar-refractivity contribution in [3.63, 3.8) is 0 Å². The average Bonchev–Trinajstić information content (AvgIpc) is 3.05. The molecular formula is C24H28N4O2. The number of amides is 2. The van der Waals surface area contributed by atoms with Gasteiger partial charge in [-0.2, -0.15) is 0 Å². The molecule has 0 radical (unpaired) electrons. The van der Waals surface area contributed by atoms with Crippen LogP contribution in [0, 0.1) is 0 Å². The maximum atomic E-state index is 12.9. The average molecular weight is 405 g/mol. The number of aromatic nitrogens is 2. The molecule has 6 heteroatoms. The molecular weight excluding hydrogens is 376 g/mol. The standard InChI is InChI=1S/C24H28N4O2/c1-2-12-28-23(30)15-21(20-6-4-3-5-7-20)24(28)10-13-27(14-11-24)22(29)9-8-19-16-25-18-26-17-19/h2-7,16-18,21H,1,8-15H2/t21-/m1/s1. The third-order valence-corrected chi connectivity index (χ3v) is 6.60. The molecule has 4 rings (SSSR count). The Morgan fingerprint density at radius 2 is 1.87 bits per heavy atom. The molecule has 0 aliphatic carbocycles. The topological polar surface area (TPSA) is 66.4 Å². The van der Waals surface area contributed by atoms with Gasteiger partial charge in [-0.3, -0.25) is 9.59 Å². The van der Waals surface area contributed by atoms with E-state index in [-0.39, 0.29) is 23.3 Å². The fourth-order valence-electron chi connectivity index (χ4n) is 5.07. The van der Waals surface area contributed by atoms with Crippen molar-refractivity contribution in [2.75, 3.05) is 19.6 Å². The molecule has 0 bridgehead atoms. The van der Waals surface area contributed by atoms with Crippen molar-refractivity contribution in [3.8, 4) is 0 Å². The lowest BCUT2D eigenvalue weighted by Gasteiger charge is -2.48. The number of hydrogen-bond acceptors (Lipinski definition) is 4. The highest BCUT2D eigenvalue weighted by atomic mass is 16.2. The van der Waals surface area contributed by atoms with E-state index in [9.17, 15) is 9.59 Å². The minimum atomic E-state index is -0.239. The summed E-state index contributed by atoms with van der Waals surface area (Å²) in [6.45, 7) is 5.77. The second-order valence-electron chi connectivity index (χ2n) is 8.19. The molecule has 1 aromatic heterocycles. The van der Waals surface area contributed by atoms with E-state index >= 15 is 0 Å². The lowest BCUT2D eigenvalue weighted by atomic mass is 9.73. The summed E-state index contributed by atoms with van der Waals surface area (Å²) in [5.41, 5.74) is 1.94. The zero-order valence-electron chi connectivity index (χ0n) is 17.2. The summed E-state index contributed by atoms with van der Waals surface area (Å²) in [4.78, 5) is 37.7. The second-order valence-corrected chi connectivity index (χ2v) is 8.19. The molecule has 2 aromatic rings. The van der Waals surface area contributed by atoms with E-state index in [2.05, 4.69) is 28.7 Å². The van der Waals surface area contributed by atoms with Crippen molar-refractivity contribution in [2.24, 2.45) is 0 Å².